The molecule has 1 amide bonds. The van der Waals surface area contributed by atoms with Gasteiger partial charge in [0.05, 0.1) is 11.1 Å². The maximum atomic E-state index is 10.9. The SMILES string of the molecule is COCCOc1cc(C=C2CCN(C(=O)O)CC2)ccc1Br. The van der Waals surface area contributed by atoms with Gasteiger partial charge in [-0.15, -0.1) is 0 Å². The van der Waals surface area contributed by atoms with Crippen LogP contribution in [0.1, 0.15) is 18.4 Å². The minimum atomic E-state index is -0.837. The molecule has 0 unspecified atom stereocenters. The van der Waals surface area contributed by atoms with Gasteiger partial charge < -0.3 is 19.5 Å². The van der Waals surface area contributed by atoms with Gasteiger partial charge in [0.15, 0.2) is 0 Å². The molecule has 120 valence electrons. The van der Waals surface area contributed by atoms with E-state index < -0.39 is 6.09 Å². The van der Waals surface area contributed by atoms with Gasteiger partial charge in [-0.25, -0.2) is 4.79 Å². The number of carbonyl (C=O) groups is 1. The summed E-state index contributed by atoms with van der Waals surface area (Å²) in [6, 6.07) is 5.96. The molecule has 0 atom stereocenters. The van der Waals surface area contributed by atoms with Crippen LogP contribution in [-0.4, -0.2) is 49.5 Å². The molecular weight excluding hydrogens is 350 g/mol. The second-order valence-electron chi connectivity index (χ2n) is 5.10. The highest BCUT2D eigenvalue weighted by molar-refractivity contribution is 9.10. The van der Waals surface area contributed by atoms with Gasteiger partial charge >= 0.3 is 6.09 Å². The summed E-state index contributed by atoms with van der Waals surface area (Å²) in [5.74, 6) is 0.786. The lowest BCUT2D eigenvalue weighted by Gasteiger charge is -2.25. The van der Waals surface area contributed by atoms with Crippen LogP contribution in [0.4, 0.5) is 4.79 Å². The zero-order valence-corrected chi connectivity index (χ0v) is 14.1. The van der Waals surface area contributed by atoms with Crippen molar-refractivity contribution in [2.45, 2.75) is 12.8 Å². The lowest BCUT2D eigenvalue weighted by molar-refractivity contribution is 0.142. The molecule has 0 radical (unpaired) electrons. The first-order chi connectivity index (χ1) is 10.6. The first-order valence-corrected chi connectivity index (χ1v) is 7.98. The molecule has 0 aliphatic carbocycles. The van der Waals surface area contributed by atoms with Crippen molar-refractivity contribution in [1.82, 2.24) is 4.90 Å². The van der Waals surface area contributed by atoms with Crippen LogP contribution in [0.25, 0.3) is 6.08 Å². The molecule has 0 bridgehead atoms. The van der Waals surface area contributed by atoms with Crippen molar-refractivity contribution in [3.63, 3.8) is 0 Å². The van der Waals surface area contributed by atoms with E-state index in [0.717, 1.165) is 28.6 Å². The Morgan fingerprint density at radius 2 is 2.09 bits per heavy atom. The van der Waals surface area contributed by atoms with Crippen molar-refractivity contribution in [2.75, 3.05) is 33.4 Å². The monoisotopic (exact) mass is 369 g/mol. The molecule has 1 aromatic carbocycles. The Labute approximate surface area is 138 Å². The molecule has 1 heterocycles. The fraction of sp³-hybridized carbons (Fsp3) is 0.438. The molecule has 5 nitrogen and oxygen atoms in total. The van der Waals surface area contributed by atoms with E-state index in [4.69, 9.17) is 14.6 Å². The largest absolute Gasteiger partial charge is 0.490 e. The summed E-state index contributed by atoms with van der Waals surface area (Å²) in [6.45, 7) is 2.18. The molecule has 1 aliphatic rings. The zero-order valence-electron chi connectivity index (χ0n) is 12.5. The number of hydrogen-bond donors (Lipinski definition) is 1. The van der Waals surface area contributed by atoms with Crippen LogP contribution in [0.5, 0.6) is 5.75 Å². The van der Waals surface area contributed by atoms with E-state index in [-0.39, 0.29) is 0 Å². The number of rotatable bonds is 5. The van der Waals surface area contributed by atoms with Gasteiger partial charge in [-0.3, -0.25) is 0 Å². The molecule has 6 heteroatoms. The number of ether oxygens (including phenoxy) is 2. The third-order valence-electron chi connectivity index (χ3n) is 3.55. The van der Waals surface area contributed by atoms with Gasteiger partial charge in [0.2, 0.25) is 0 Å². The average Bonchev–Trinajstić information content (AvgIpc) is 2.51. The Bertz CT molecular complexity index is 549. The number of methoxy groups -OCH3 is 1. The summed E-state index contributed by atoms with van der Waals surface area (Å²) in [4.78, 5) is 12.4. The van der Waals surface area contributed by atoms with Crippen molar-refractivity contribution in [2.24, 2.45) is 0 Å². The lowest BCUT2D eigenvalue weighted by atomic mass is 10.0. The number of amides is 1. The Morgan fingerprint density at radius 1 is 1.36 bits per heavy atom. The third-order valence-corrected chi connectivity index (χ3v) is 4.20. The van der Waals surface area contributed by atoms with E-state index in [0.29, 0.717) is 26.3 Å². The minimum Gasteiger partial charge on any atom is -0.490 e. The van der Waals surface area contributed by atoms with Gasteiger partial charge in [0.25, 0.3) is 0 Å². The Morgan fingerprint density at radius 3 is 2.73 bits per heavy atom. The third kappa shape index (κ3) is 4.74. The molecule has 0 spiro atoms. The summed E-state index contributed by atoms with van der Waals surface area (Å²) in [5, 5.41) is 8.96. The number of nitrogens with zero attached hydrogens (tertiary/aromatic N) is 1. The highest BCUT2D eigenvalue weighted by Crippen LogP contribution is 2.28. The standard InChI is InChI=1S/C16H20BrNO4/c1-21-8-9-22-15-11-13(2-3-14(15)17)10-12-4-6-18(7-5-12)16(19)20/h2-3,10-11H,4-9H2,1H3,(H,19,20). The second-order valence-corrected chi connectivity index (χ2v) is 5.96. The van der Waals surface area contributed by atoms with E-state index >= 15 is 0 Å². The number of benzene rings is 1. The van der Waals surface area contributed by atoms with E-state index in [1.807, 2.05) is 18.2 Å². The van der Waals surface area contributed by atoms with Crippen LogP contribution in [-0.2, 0) is 4.74 Å². The van der Waals surface area contributed by atoms with Gasteiger partial charge in [-0.05, 0) is 46.5 Å². The van der Waals surface area contributed by atoms with Crippen molar-refractivity contribution < 1.29 is 19.4 Å². The normalized spacial score (nSPS) is 14.8. The average molecular weight is 370 g/mol. The highest BCUT2D eigenvalue weighted by atomic mass is 79.9. The molecule has 22 heavy (non-hydrogen) atoms. The van der Waals surface area contributed by atoms with E-state index in [1.165, 1.54) is 10.5 Å². The van der Waals surface area contributed by atoms with Crippen LogP contribution < -0.4 is 4.74 Å². The van der Waals surface area contributed by atoms with Crippen molar-refractivity contribution >= 4 is 28.1 Å². The van der Waals surface area contributed by atoms with Crippen molar-refractivity contribution in [1.29, 1.82) is 0 Å². The van der Waals surface area contributed by atoms with Gasteiger partial charge in [0.1, 0.15) is 12.4 Å². The fourth-order valence-corrected chi connectivity index (χ4v) is 2.68. The Balaban J connectivity index is 2.02. The number of likely N-dealkylation sites (tertiary alicyclic amines) is 1. The number of piperidine rings is 1. The highest BCUT2D eigenvalue weighted by Gasteiger charge is 2.17. The molecule has 1 N–H and O–H groups in total. The van der Waals surface area contributed by atoms with E-state index in [1.54, 1.807) is 7.11 Å². The number of halogens is 1. The van der Waals surface area contributed by atoms with Gasteiger partial charge in [-0.2, -0.15) is 0 Å². The van der Waals surface area contributed by atoms with Gasteiger partial charge in [-0.1, -0.05) is 17.7 Å². The Hall–Kier alpha value is -1.53. The van der Waals surface area contributed by atoms with Crippen LogP contribution in [0.2, 0.25) is 0 Å². The predicted octanol–water partition coefficient (Wildman–Crippen LogP) is 3.63. The van der Waals surface area contributed by atoms with Gasteiger partial charge in [0, 0.05) is 20.2 Å². The van der Waals surface area contributed by atoms with Crippen LogP contribution in [0.15, 0.2) is 28.2 Å². The van der Waals surface area contributed by atoms with Crippen LogP contribution in [0.3, 0.4) is 0 Å². The first kappa shape index (κ1) is 16.8. The molecule has 1 fully saturated rings. The smallest absolute Gasteiger partial charge is 0.407 e. The summed E-state index contributed by atoms with van der Waals surface area (Å²) in [7, 11) is 1.64. The number of carboxylic acid groups (broad SMARTS) is 1. The zero-order chi connectivity index (χ0) is 15.9. The maximum absolute atomic E-state index is 10.9. The van der Waals surface area contributed by atoms with Crippen LogP contribution >= 0.6 is 15.9 Å². The molecule has 2 rings (SSSR count). The van der Waals surface area contributed by atoms with Crippen molar-refractivity contribution in [3.05, 3.63) is 33.8 Å². The van der Waals surface area contributed by atoms with Crippen LogP contribution in [0, 0.1) is 0 Å². The van der Waals surface area contributed by atoms with E-state index in [2.05, 4.69) is 22.0 Å². The first-order valence-electron chi connectivity index (χ1n) is 7.18. The summed E-state index contributed by atoms with van der Waals surface area (Å²) in [5.41, 5.74) is 2.33. The topological polar surface area (TPSA) is 59.0 Å². The minimum absolute atomic E-state index is 0.503. The molecule has 1 aromatic rings. The molecule has 1 saturated heterocycles. The lowest BCUT2D eigenvalue weighted by Crippen LogP contribution is -2.35. The maximum Gasteiger partial charge on any atom is 0.407 e. The molecule has 1 aliphatic heterocycles. The summed E-state index contributed by atoms with van der Waals surface area (Å²) < 4.78 is 11.6. The fourth-order valence-electron chi connectivity index (χ4n) is 2.32. The molecule has 0 aromatic heterocycles. The predicted molar refractivity (Wildman–Crippen MR) is 88.3 cm³/mol. The Kier molecular flexibility index (Phi) is 6.27. The molecule has 0 saturated carbocycles. The van der Waals surface area contributed by atoms with E-state index in [9.17, 15) is 4.79 Å². The van der Waals surface area contributed by atoms with Crippen molar-refractivity contribution in [3.8, 4) is 5.75 Å². The summed E-state index contributed by atoms with van der Waals surface area (Å²) in [6.07, 6.45) is 2.84. The quantitative estimate of drug-likeness (QED) is 0.805. The number of hydrogen-bond acceptors (Lipinski definition) is 3. The summed E-state index contributed by atoms with van der Waals surface area (Å²) >= 11 is 3.47. The second kappa shape index (κ2) is 8.19. The molecular formula is C16H20BrNO4.